The molecule has 0 atom stereocenters. The Morgan fingerprint density at radius 1 is 0.931 bits per heavy atom. The molecule has 0 saturated heterocycles. The van der Waals surface area contributed by atoms with Crippen LogP contribution < -0.4 is 10.6 Å². The van der Waals surface area contributed by atoms with Crippen molar-refractivity contribution in [1.82, 2.24) is 14.9 Å². The molecule has 0 bridgehead atoms. The van der Waals surface area contributed by atoms with Crippen LogP contribution in [0.3, 0.4) is 0 Å². The van der Waals surface area contributed by atoms with Gasteiger partial charge in [0.15, 0.2) is 5.82 Å². The summed E-state index contributed by atoms with van der Waals surface area (Å²) >= 11 is 7.71. The van der Waals surface area contributed by atoms with Gasteiger partial charge in [0.1, 0.15) is 5.75 Å². The zero-order chi connectivity index (χ0) is 20.2. The van der Waals surface area contributed by atoms with Crippen LogP contribution >= 0.6 is 23.4 Å². The average molecular weight is 423 g/mol. The molecule has 0 saturated carbocycles. The van der Waals surface area contributed by atoms with E-state index in [4.69, 9.17) is 22.2 Å². The molecular formula is C22H19ClN4OS. The Morgan fingerprint density at radius 2 is 1.55 bits per heavy atom. The van der Waals surface area contributed by atoms with E-state index in [2.05, 4.69) is 34.5 Å². The van der Waals surface area contributed by atoms with Gasteiger partial charge in [0, 0.05) is 5.02 Å². The first-order valence-electron chi connectivity index (χ1n) is 8.98. The van der Waals surface area contributed by atoms with E-state index in [1.54, 1.807) is 37.1 Å². The number of halogens is 1. The molecule has 4 rings (SSSR count). The monoisotopic (exact) mass is 422 g/mol. The van der Waals surface area contributed by atoms with Crippen molar-refractivity contribution < 1.29 is 4.74 Å². The standard InChI is InChI=1S/C22H19ClN4OS/c1-28-19-13-12-17(23)14-18(19)21-25-26-22(27(21)24)29-20(15-8-4-2-5-9-15)16-10-6-3-7-11-16/h2-14,20H,24H2,1H3. The number of nitrogens with zero attached hydrogens (tertiary/aromatic N) is 3. The number of benzene rings is 3. The number of ether oxygens (including phenoxy) is 1. The molecule has 0 spiro atoms. The topological polar surface area (TPSA) is 66.0 Å². The number of hydrogen-bond acceptors (Lipinski definition) is 5. The first kappa shape index (κ1) is 19.4. The van der Waals surface area contributed by atoms with Crippen molar-refractivity contribution in [3.8, 4) is 17.1 Å². The highest BCUT2D eigenvalue weighted by Crippen LogP contribution is 2.40. The van der Waals surface area contributed by atoms with E-state index < -0.39 is 0 Å². The van der Waals surface area contributed by atoms with Crippen LogP contribution in [0.25, 0.3) is 11.4 Å². The predicted molar refractivity (Wildman–Crippen MR) is 118 cm³/mol. The molecule has 0 unspecified atom stereocenters. The quantitative estimate of drug-likeness (QED) is 0.341. The summed E-state index contributed by atoms with van der Waals surface area (Å²) in [6.07, 6.45) is 0. The number of aromatic nitrogens is 3. The lowest BCUT2D eigenvalue weighted by atomic mass is 10.0. The molecule has 0 aliphatic rings. The first-order chi connectivity index (χ1) is 14.2. The van der Waals surface area contributed by atoms with Gasteiger partial charge in [0.05, 0.1) is 17.9 Å². The Bertz CT molecular complexity index is 1060. The fourth-order valence-electron chi connectivity index (χ4n) is 3.09. The van der Waals surface area contributed by atoms with Gasteiger partial charge in [-0.2, -0.15) is 0 Å². The lowest BCUT2D eigenvalue weighted by Gasteiger charge is -2.17. The van der Waals surface area contributed by atoms with Gasteiger partial charge in [0.25, 0.3) is 0 Å². The summed E-state index contributed by atoms with van der Waals surface area (Å²) in [6, 6.07) is 25.8. The minimum atomic E-state index is 0.0259. The van der Waals surface area contributed by atoms with Crippen molar-refractivity contribution in [3.63, 3.8) is 0 Å². The molecule has 5 nitrogen and oxygen atoms in total. The molecule has 146 valence electrons. The van der Waals surface area contributed by atoms with Crippen LogP contribution in [0.2, 0.25) is 5.02 Å². The summed E-state index contributed by atoms with van der Waals surface area (Å²) in [5.41, 5.74) is 3.01. The highest BCUT2D eigenvalue weighted by Gasteiger charge is 2.22. The normalized spacial score (nSPS) is 11.0. The van der Waals surface area contributed by atoms with E-state index >= 15 is 0 Å². The molecule has 7 heteroatoms. The fraction of sp³-hybridized carbons (Fsp3) is 0.0909. The fourth-order valence-corrected chi connectivity index (χ4v) is 4.34. The van der Waals surface area contributed by atoms with Crippen molar-refractivity contribution in [2.24, 2.45) is 0 Å². The van der Waals surface area contributed by atoms with Gasteiger partial charge in [-0.1, -0.05) is 84.0 Å². The van der Waals surface area contributed by atoms with Gasteiger partial charge in [-0.3, -0.25) is 0 Å². The summed E-state index contributed by atoms with van der Waals surface area (Å²) in [6.45, 7) is 0. The SMILES string of the molecule is COc1ccc(Cl)cc1-c1nnc(SC(c2ccccc2)c2ccccc2)n1N. The van der Waals surface area contributed by atoms with Gasteiger partial charge in [-0.15, -0.1) is 10.2 Å². The maximum Gasteiger partial charge on any atom is 0.211 e. The first-order valence-corrected chi connectivity index (χ1v) is 10.2. The second-order valence-electron chi connectivity index (χ2n) is 6.34. The number of nitrogen functional groups attached to an aromatic ring is 1. The smallest absolute Gasteiger partial charge is 0.211 e. The molecule has 0 aliphatic carbocycles. The van der Waals surface area contributed by atoms with Gasteiger partial charge in [-0.05, 0) is 29.3 Å². The summed E-state index contributed by atoms with van der Waals surface area (Å²) in [7, 11) is 1.60. The molecule has 0 fully saturated rings. The van der Waals surface area contributed by atoms with Gasteiger partial charge in [0.2, 0.25) is 5.16 Å². The molecule has 0 radical (unpaired) electrons. The third-order valence-electron chi connectivity index (χ3n) is 4.49. The molecule has 29 heavy (non-hydrogen) atoms. The lowest BCUT2D eigenvalue weighted by molar-refractivity contribution is 0.416. The van der Waals surface area contributed by atoms with Crippen molar-refractivity contribution in [2.75, 3.05) is 13.0 Å². The van der Waals surface area contributed by atoms with Crippen LogP contribution in [-0.2, 0) is 0 Å². The van der Waals surface area contributed by atoms with Crippen molar-refractivity contribution >= 4 is 23.4 Å². The van der Waals surface area contributed by atoms with Crippen molar-refractivity contribution in [3.05, 3.63) is 95.0 Å². The molecule has 4 aromatic rings. The highest BCUT2D eigenvalue weighted by molar-refractivity contribution is 7.99. The second kappa shape index (κ2) is 8.59. The van der Waals surface area contributed by atoms with Crippen LogP contribution in [-0.4, -0.2) is 22.0 Å². The average Bonchev–Trinajstić information content (AvgIpc) is 3.13. The van der Waals surface area contributed by atoms with Gasteiger partial charge >= 0.3 is 0 Å². The predicted octanol–water partition coefficient (Wildman–Crippen LogP) is 5.20. The Kier molecular flexibility index (Phi) is 5.74. The Labute approximate surface area is 178 Å². The van der Waals surface area contributed by atoms with E-state index in [0.717, 1.165) is 11.1 Å². The number of methoxy groups -OCH3 is 1. The van der Waals surface area contributed by atoms with E-state index in [9.17, 15) is 0 Å². The largest absolute Gasteiger partial charge is 0.496 e. The van der Waals surface area contributed by atoms with Crippen LogP contribution in [0.5, 0.6) is 5.75 Å². The third kappa shape index (κ3) is 4.09. The molecule has 3 aromatic carbocycles. The van der Waals surface area contributed by atoms with Crippen LogP contribution in [0.4, 0.5) is 0 Å². The minimum Gasteiger partial charge on any atom is -0.496 e. The van der Waals surface area contributed by atoms with E-state index in [1.165, 1.54) is 4.68 Å². The number of nitrogens with two attached hydrogens (primary N) is 1. The second-order valence-corrected chi connectivity index (χ2v) is 7.85. The number of hydrogen-bond donors (Lipinski definition) is 1. The Morgan fingerprint density at radius 3 is 2.14 bits per heavy atom. The zero-order valence-corrected chi connectivity index (χ0v) is 17.3. The van der Waals surface area contributed by atoms with Gasteiger partial charge in [-0.25, -0.2) is 4.68 Å². The summed E-state index contributed by atoms with van der Waals surface area (Å²) < 4.78 is 6.92. The molecule has 0 aliphatic heterocycles. The minimum absolute atomic E-state index is 0.0259. The van der Waals surface area contributed by atoms with Crippen molar-refractivity contribution in [2.45, 2.75) is 10.4 Å². The Balaban J connectivity index is 1.73. The van der Waals surface area contributed by atoms with Crippen LogP contribution in [0.15, 0.2) is 84.0 Å². The number of thioether (sulfide) groups is 1. The third-order valence-corrected chi connectivity index (χ3v) is 6.00. The van der Waals surface area contributed by atoms with Crippen molar-refractivity contribution in [1.29, 1.82) is 0 Å². The maximum atomic E-state index is 6.39. The van der Waals surface area contributed by atoms with E-state index in [0.29, 0.717) is 27.3 Å². The maximum absolute atomic E-state index is 6.39. The van der Waals surface area contributed by atoms with E-state index in [1.807, 2.05) is 36.4 Å². The van der Waals surface area contributed by atoms with Crippen LogP contribution in [0, 0.1) is 0 Å². The van der Waals surface area contributed by atoms with Gasteiger partial charge < -0.3 is 10.6 Å². The molecular weight excluding hydrogens is 404 g/mol. The lowest BCUT2D eigenvalue weighted by Crippen LogP contribution is -2.13. The zero-order valence-electron chi connectivity index (χ0n) is 15.7. The van der Waals surface area contributed by atoms with E-state index in [-0.39, 0.29) is 5.25 Å². The summed E-state index contributed by atoms with van der Waals surface area (Å²) in [5, 5.41) is 9.84. The molecule has 1 aromatic heterocycles. The molecule has 1 heterocycles. The molecule has 2 N–H and O–H groups in total. The summed E-state index contributed by atoms with van der Waals surface area (Å²) in [4.78, 5) is 0. The Hall–Kier alpha value is -2.96. The highest BCUT2D eigenvalue weighted by atomic mass is 35.5. The van der Waals surface area contributed by atoms with Crippen LogP contribution in [0.1, 0.15) is 16.4 Å². The molecule has 0 amide bonds. The number of rotatable bonds is 6. The summed E-state index contributed by atoms with van der Waals surface area (Å²) in [5.74, 6) is 7.51.